The highest BCUT2D eigenvalue weighted by Gasteiger charge is 2.42. The van der Waals surface area contributed by atoms with Gasteiger partial charge in [0.25, 0.3) is 5.91 Å². The van der Waals surface area contributed by atoms with E-state index in [1.165, 1.54) is 12.1 Å². The normalized spacial score (nSPS) is 24.5. The third-order valence-corrected chi connectivity index (χ3v) is 6.46. The Morgan fingerprint density at radius 3 is 2.55 bits per heavy atom. The molecule has 6 nitrogen and oxygen atoms in total. The van der Waals surface area contributed by atoms with Crippen LogP contribution in [0.3, 0.4) is 0 Å². The molecule has 1 atom stereocenters. The van der Waals surface area contributed by atoms with Crippen molar-refractivity contribution in [2.45, 2.75) is 37.7 Å². The van der Waals surface area contributed by atoms with Crippen LogP contribution in [0.4, 0.5) is 4.39 Å². The fourth-order valence-corrected chi connectivity index (χ4v) is 4.76. The second-order valence-electron chi connectivity index (χ2n) is 8.39. The summed E-state index contributed by atoms with van der Waals surface area (Å²) in [6, 6.07) is 5.85. The summed E-state index contributed by atoms with van der Waals surface area (Å²) in [5.41, 5.74) is 0.145. The molecule has 1 unspecified atom stereocenters. The molecule has 3 aliphatic heterocycles. The topological polar surface area (TPSA) is 59.1 Å². The van der Waals surface area contributed by atoms with Gasteiger partial charge in [0.1, 0.15) is 5.82 Å². The highest BCUT2D eigenvalue weighted by molar-refractivity contribution is 5.94. The van der Waals surface area contributed by atoms with Gasteiger partial charge in [-0.2, -0.15) is 0 Å². The molecule has 0 bridgehead atoms. The molecular weight excluding hydrogens is 375 g/mol. The van der Waals surface area contributed by atoms with Gasteiger partial charge in [0.2, 0.25) is 5.91 Å². The predicted octanol–water partition coefficient (Wildman–Crippen LogP) is 2.48. The van der Waals surface area contributed by atoms with E-state index in [9.17, 15) is 14.0 Å². The lowest BCUT2D eigenvalue weighted by Gasteiger charge is -2.46. The van der Waals surface area contributed by atoms with E-state index in [1.54, 1.807) is 17.0 Å². The average molecular weight is 404 g/mol. The van der Waals surface area contributed by atoms with Crippen molar-refractivity contribution in [1.82, 2.24) is 9.80 Å². The van der Waals surface area contributed by atoms with Crippen molar-refractivity contribution >= 4 is 11.8 Å². The van der Waals surface area contributed by atoms with E-state index in [2.05, 4.69) is 0 Å². The molecule has 0 N–H and O–H groups in total. The van der Waals surface area contributed by atoms with Gasteiger partial charge >= 0.3 is 0 Å². The van der Waals surface area contributed by atoms with Gasteiger partial charge in [0.15, 0.2) is 0 Å². The van der Waals surface area contributed by atoms with Crippen LogP contribution in [0.15, 0.2) is 24.3 Å². The zero-order chi connectivity index (χ0) is 20.3. The van der Waals surface area contributed by atoms with Crippen LogP contribution >= 0.6 is 0 Å². The molecule has 1 aromatic carbocycles. The minimum absolute atomic E-state index is 0.130. The molecule has 3 heterocycles. The molecule has 29 heavy (non-hydrogen) atoms. The molecule has 3 fully saturated rings. The number of nitrogens with zero attached hydrogens (tertiary/aromatic N) is 2. The van der Waals surface area contributed by atoms with Crippen LogP contribution < -0.4 is 0 Å². The quantitative estimate of drug-likeness (QED) is 0.777. The molecule has 7 heteroatoms. The first-order chi connectivity index (χ1) is 14.0. The number of ether oxygens (including phenoxy) is 2. The van der Waals surface area contributed by atoms with Crippen molar-refractivity contribution in [1.29, 1.82) is 0 Å². The van der Waals surface area contributed by atoms with E-state index >= 15 is 0 Å². The minimum Gasteiger partial charge on any atom is -0.378 e. The smallest absolute Gasteiger partial charge is 0.253 e. The number of piperidine rings is 1. The Bertz CT molecular complexity index is 742. The van der Waals surface area contributed by atoms with Crippen LogP contribution in [0.25, 0.3) is 0 Å². The Morgan fingerprint density at radius 1 is 1.07 bits per heavy atom. The third-order valence-electron chi connectivity index (χ3n) is 6.46. The largest absolute Gasteiger partial charge is 0.378 e. The molecular formula is C22H29FN2O4. The molecule has 3 saturated heterocycles. The number of carbonyl (C=O) groups is 2. The molecule has 0 aliphatic carbocycles. The molecule has 2 amide bonds. The molecule has 4 rings (SSSR count). The Balaban J connectivity index is 1.31. The average Bonchev–Trinajstić information content (AvgIpc) is 2.74. The molecule has 0 aromatic heterocycles. The third kappa shape index (κ3) is 4.78. The van der Waals surface area contributed by atoms with Crippen LogP contribution in [0.5, 0.6) is 0 Å². The van der Waals surface area contributed by atoms with Crippen LogP contribution in [0, 0.1) is 11.7 Å². The molecule has 158 valence electrons. The highest BCUT2D eigenvalue weighted by atomic mass is 19.1. The van der Waals surface area contributed by atoms with E-state index in [1.807, 2.05) is 4.90 Å². The van der Waals surface area contributed by atoms with Crippen molar-refractivity contribution in [3.05, 3.63) is 35.6 Å². The summed E-state index contributed by atoms with van der Waals surface area (Å²) >= 11 is 0. The van der Waals surface area contributed by atoms with Gasteiger partial charge in [0, 0.05) is 44.8 Å². The Morgan fingerprint density at radius 2 is 1.83 bits per heavy atom. The first-order valence-corrected chi connectivity index (χ1v) is 10.6. The van der Waals surface area contributed by atoms with Gasteiger partial charge in [-0.25, -0.2) is 4.39 Å². The zero-order valence-electron chi connectivity index (χ0n) is 16.8. The van der Waals surface area contributed by atoms with Crippen molar-refractivity contribution < 1.29 is 23.5 Å². The Labute approximate surface area is 170 Å². The Kier molecular flexibility index (Phi) is 6.15. The summed E-state index contributed by atoms with van der Waals surface area (Å²) in [6.45, 7) is 4.48. The van der Waals surface area contributed by atoms with Crippen molar-refractivity contribution in [2.24, 2.45) is 5.92 Å². The number of benzene rings is 1. The Hall–Kier alpha value is -1.99. The van der Waals surface area contributed by atoms with Gasteiger partial charge in [-0.3, -0.25) is 9.59 Å². The SMILES string of the molecule is O=C(CC1CCOC2(CCN(C(=O)c3cccc(F)c3)CC2)C1)N1CCOCC1. The second kappa shape index (κ2) is 8.79. The van der Waals surface area contributed by atoms with E-state index in [0.717, 1.165) is 25.7 Å². The fourth-order valence-electron chi connectivity index (χ4n) is 4.76. The first-order valence-electron chi connectivity index (χ1n) is 10.6. The summed E-state index contributed by atoms with van der Waals surface area (Å²) in [5, 5.41) is 0. The standard InChI is InChI=1S/C22H29FN2O4/c23-19-3-1-2-18(15-19)21(27)25-7-5-22(6-8-25)16-17(4-11-29-22)14-20(26)24-9-12-28-13-10-24/h1-3,15,17H,4-14,16H2. The highest BCUT2D eigenvalue weighted by Crippen LogP contribution is 2.39. The van der Waals surface area contributed by atoms with Crippen LogP contribution in [0.2, 0.25) is 0 Å². The maximum Gasteiger partial charge on any atom is 0.253 e. The van der Waals surface area contributed by atoms with Crippen LogP contribution in [0.1, 0.15) is 42.5 Å². The zero-order valence-corrected chi connectivity index (χ0v) is 16.8. The van der Waals surface area contributed by atoms with Crippen LogP contribution in [-0.4, -0.2) is 73.2 Å². The van der Waals surface area contributed by atoms with Crippen LogP contribution in [-0.2, 0) is 14.3 Å². The number of rotatable bonds is 3. The minimum atomic E-state index is -0.396. The summed E-state index contributed by atoms with van der Waals surface area (Å²) in [6.07, 6.45) is 3.86. The molecule has 1 spiro atoms. The lowest BCUT2D eigenvalue weighted by atomic mass is 9.78. The van der Waals surface area contributed by atoms with Crippen molar-refractivity contribution in [2.75, 3.05) is 46.0 Å². The van der Waals surface area contributed by atoms with Gasteiger partial charge in [0.05, 0.1) is 18.8 Å². The van der Waals surface area contributed by atoms with Gasteiger partial charge in [-0.1, -0.05) is 6.07 Å². The van der Waals surface area contributed by atoms with Crippen molar-refractivity contribution in [3.63, 3.8) is 0 Å². The monoisotopic (exact) mass is 404 g/mol. The lowest BCUT2D eigenvalue weighted by Crippen LogP contribution is -2.51. The van der Waals surface area contributed by atoms with E-state index in [0.29, 0.717) is 63.9 Å². The number of hydrogen-bond acceptors (Lipinski definition) is 4. The summed E-state index contributed by atoms with van der Waals surface area (Å²) in [5.74, 6) is 0.0144. The lowest BCUT2D eigenvalue weighted by molar-refractivity contribution is -0.143. The molecule has 0 saturated carbocycles. The van der Waals surface area contributed by atoms with Gasteiger partial charge in [-0.05, 0) is 49.8 Å². The summed E-state index contributed by atoms with van der Waals surface area (Å²) < 4.78 is 24.9. The number of amides is 2. The predicted molar refractivity (Wildman–Crippen MR) is 105 cm³/mol. The summed E-state index contributed by atoms with van der Waals surface area (Å²) in [7, 11) is 0. The molecule has 3 aliphatic rings. The number of carbonyl (C=O) groups excluding carboxylic acids is 2. The first kappa shape index (κ1) is 20.3. The fraction of sp³-hybridized carbons (Fsp3) is 0.636. The molecule has 0 radical (unpaired) electrons. The maximum absolute atomic E-state index is 13.4. The second-order valence-corrected chi connectivity index (χ2v) is 8.39. The van der Waals surface area contributed by atoms with Gasteiger partial charge in [-0.15, -0.1) is 0 Å². The van der Waals surface area contributed by atoms with E-state index in [4.69, 9.17) is 9.47 Å². The molecule has 1 aromatic rings. The van der Waals surface area contributed by atoms with Gasteiger partial charge < -0.3 is 19.3 Å². The number of morpholine rings is 1. The van der Waals surface area contributed by atoms with Crippen molar-refractivity contribution in [3.8, 4) is 0 Å². The van der Waals surface area contributed by atoms with E-state index < -0.39 is 5.82 Å². The van der Waals surface area contributed by atoms with E-state index in [-0.39, 0.29) is 17.4 Å². The maximum atomic E-state index is 13.4. The number of halogens is 1. The summed E-state index contributed by atoms with van der Waals surface area (Å²) in [4.78, 5) is 29.0. The number of hydrogen-bond donors (Lipinski definition) is 0. The number of likely N-dealkylation sites (tertiary alicyclic amines) is 1.